The van der Waals surface area contributed by atoms with Gasteiger partial charge in [0.05, 0.1) is 27.4 Å². The van der Waals surface area contributed by atoms with E-state index >= 15 is 0 Å². The molecule has 2 aromatic heterocycles. The van der Waals surface area contributed by atoms with Gasteiger partial charge < -0.3 is 0 Å². The molecule has 0 aliphatic rings. The number of halogens is 1. The van der Waals surface area contributed by atoms with E-state index in [4.69, 9.17) is 16.9 Å². The van der Waals surface area contributed by atoms with Crippen LogP contribution in [0.1, 0.15) is 11.3 Å². The van der Waals surface area contributed by atoms with Gasteiger partial charge in [0, 0.05) is 22.9 Å². The fraction of sp³-hybridized carbons (Fsp3) is 0.0625. The Morgan fingerprint density at radius 1 is 1.27 bits per heavy atom. The van der Waals surface area contributed by atoms with E-state index in [2.05, 4.69) is 16.0 Å². The van der Waals surface area contributed by atoms with Crippen LogP contribution in [0.2, 0.25) is 5.02 Å². The predicted octanol–water partition coefficient (Wildman–Crippen LogP) is 5.02. The van der Waals surface area contributed by atoms with Crippen LogP contribution < -0.4 is 0 Å². The third kappa shape index (κ3) is 3.47. The minimum Gasteiger partial charge on any atom is -0.250 e. The molecule has 0 aliphatic carbocycles. The number of hydrogen-bond acceptors (Lipinski definition) is 5. The van der Waals surface area contributed by atoms with E-state index in [9.17, 15) is 0 Å². The molecule has 0 radical (unpaired) electrons. The van der Waals surface area contributed by atoms with Crippen molar-refractivity contribution in [3.63, 3.8) is 0 Å². The van der Waals surface area contributed by atoms with Gasteiger partial charge in [-0.25, -0.2) is 9.97 Å². The van der Waals surface area contributed by atoms with Crippen LogP contribution in [0.15, 0.2) is 53.0 Å². The maximum absolute atomic E-state index is 8.89. The lowest BCUT2D eigenvalue weighted by Crippen LogP contribution is -1.85. The van der Waals surface area contributed by atoms with Crippen molar-refractivity contribution >= 4 is 34.7 Å². The van der Waals surface area contributed by atoms with E-state index < -0.39 is 0 Å². The summed E-state index contributed by atoms with van der Waals surface area (Å²) in [4.78, 5) is 8.87. The van der Waals surface area contributed by atoms with E-state index in [1.54, 1.807) is 41.4 Å². The van der Waals surface area contributed by atoms with Crippen LogP contribution in [0.5, 0.6) is 0 Å². The molecular formula is C16H10ClN3S2. The van der Waals surface area contributed by atoms with Crippen LogP contribution in [-0.2, 0) is 5.75 Å². The highest BCUT2D eigenvalue weighted by atomic mass is 35.5. The molecular weight excluding hydrogens is 334 g/mol. The predicted molar refractivity (Wildman–Crippen MR) is 91.1 cm³/mol. The Morgan fingerprint density at radius 2 is 2.14 bits per heavy atom. The summed E-state index contributed by atoms with van der Waals surface area (Å²) in [6.45, 7) is 0. The lowest BCUT2D eigenvalue weighted by atomic mass is 10.2. The monoisotopic (exact) mass is 343 g/mol. The molecule has 0 N–H and O–H groups in total. The topological polar surface area (TPSA) is 49.6 Å². The number of benzene rings is 1. The summed E-state index contributed by atoms with van der Waals surface area (Å²) in [5.74, 6) is 0.711. The molecule has 0 spiro atoms. The summed E-state index contributed by atoms with van der Waals surface area (Å²) in [6, 6.07) is 13.3. The zero-order valence-electron chi connectivity index (χ0n) is 11.4. The smallest absolute Gasteiger partial charge is 0.125 e. The van der Waals surface area contributed by atoms with E-state index in [0.29, 0.717) is 16.3 Å². The van der Waals surface area contributed by atoms with Crippen LogP contribution in [0, 0.1) is 11.3 Å². The summed E-state index contributed by atoms with van der Waals surface area (Å²) in [6.07, 6.45) is 1.65. The molecule has 0 saturated carbocycles. The standard InChI is InChI=1S/C16H10ClN3S2/c17-14-4-2-1-3-13(14)16-20-12(10-22-16)9-21-15-7-11(8-18)5-6-19-15/h1-7,10H,9H2. The summed E-state index contributed by atoms with van der Waals surface area (Å²) < 4.78 is 0. The largest absolute Gasteiger partial charge is 0.250 e. The minimum absolute atomic E-state index is 0.618. The zero-order chi connectivity index (χ0) is 15.4. The van der Waals surface area contributed by atoms with Gasteiger partial charge in [-0.15, -0.1) is 11.3 Å². The molecule has 22 heavy (non-hydrogen) atoms. The maximum Gasteiger partial charge on any atom is 0.125 e. The van der Waals surface area contributed by atoms with E-state index in [0.717, 1.165) is 21.3 Å². The average Bonchev–Trinajstić information content (AvgIpc) is 3.02. The van der Waals surface area contributed by atoms with Crippen LogP contribution in [0.3, 0.4) is 0 Å². The number of nitriles is 1. The van der Waals surface area contributed by atoms with Crippen LogP contribution in [-0.4, -0.2) is 9.97 Å². The van der Waals surface area contributed by atoms with Crippen molar-refractivity contribution in [1.29, 1.82) is 5.26 Å². The first kappa shape index (κ1) is 15.0. The normalized spacial score (nSPS) is 10.4. The molecule has 1 aromatic carbocycles. The third-order valence-electron chi connectivity index (χ3n) is 2.89. The number of pyridine rings is 1. The van der Waals surface area contributed by atoms with Crippen molar-refractivity contribution in [2.24, 2.45) is 0 Å². The van der Waals surface area contributed by atoms with Gasteiger partial charge in [0.1, 0.15) is 5.01 Å². The Labute approximate surface area is 141 Å². The maximum atomic E-state index is 8.89. The highest BCUT2D eigenvalue weighted by Crippen LogP contribution is 2.31. The number of nitrogens with zero attached hydrogens (tertiary/aromatic N) is 3. The SMILES string of the molecule is N#Cc1ccnc(SCc2csc(-c3ccccc3Cl)n2)c1. The Hall–Kier alpha value is -1.87. The fourth-order valence-electron chi connectivity index (χ4n) is 1.84. The van der Waals surface area contributed by atoms with Gasteiger partial charge in [-0.2, -0.15) is 5.26 Å². The van der Waals surface area contributed by atoms with Gasteiger partial charge >= 0.3 is 0 Å². The molecule has 0 fully saturated rings. The quantitative estimate of drug-likeness (QED) is 0.624. The Balaban J connectivity index is 1.72. The first-order chi connectivity index (χ1) is 10.8. The van der Waals surface area contributed by atoms with E-state index in [1.165, 1.54) is 0 Å². The highest BCUT2D eigenvalue weighted by Gasteiger charge is 2.08. The molecule has 108 valence electrons. The number of aromatic nitrogens is 2. The molecule has 0 bridgehead atoms. The lowest BCUT2D eigenvalue weighted by Gasteiger charge is -2.00. The molecule has 3 nitrogen and oxygen atoms in total. The Morgan fingerprint density at radius 3 is 2.95 bits per heavy atom. The van der Waals surface area contributed by atoms with Crippen molar-refractivity contribution < 1.29 is 0 Å². The zero-order valence-corrected chi connectivity index (χ0v) is 13.8. The molecule has 0 unspecified atom stereocenters. The fourth-order valence-corrected chi connectivity index (χ4v) is 3.87. The summed E-state index contributed by atoms with van der Waals surface area (Å²) >= 11 is 9.34. The third-order valence-corrected chi connectivity index (χ3v) is 5.10. The number of thioether (sulfide) groups is 1. The summed E-state index contributed by atoms with van der Waals surface area (Å²) in [7, 11) is 0. The average molecular weight is 344 g/mol. The van der Waals surface area contributed by atoms with Gasteiger partial charge in [-0.05, 0) is 18.2 Å². The molecule has 0 saturated heterocycles. The molecule has 0 atom stereocenters. The van der Waals surface area contributed by atoms with Crippen LogP contribution in [0.4, 0.5) is 0 Å². The Kier molecular flexibility index (Phi) is 4.74. The second-order valence-corrected chi connectivity index (χ2v) is 6.67. The summed E-state index contributed by atoms with van der Waals surface area (Å²) in [5, 5.41) is 13.4. The first-order valence-corrected chi connectivity index (χ1v) is 8.69. The van der Waals surface area contributed by atoms with Crippen LogP contribution >= 0.6 is 34.7 Å². The van der Waals surface area contributed by atoms with E-state index in [-0.39, 0.29) is 0 Å². The molecule has 6 heteroatoms. The van der Waals surface area contributed by atoms with Gasteiger partial charge in [0.2, 0.25) is 0 Å². The highest BCUT2D eigenvalue weighted by molar-refractivity contribution is 7.98. The van der Waals surface area contributed by atoms with Crippen molar-refractivity contribution in [1.82, 2.24) is 9.97 Å². The number of thiazole rings is 1. The van der Waals surface area contributed by atoms with Gasteiger partial charge in [-0.1, -0.05) is 41.6 Å². The molecule has 3 rings (SSSR count). The number of rotatable bonds is 4. The van der Waals surface area contributed by atoms with Crippen molar-refractivity contribution in [2.75, 3.05) is 0 Å². The van der Waals surface area contributed by atoms with E-state index in [1.807, 2.05) is 29.6 Å². The van der Waals surface area contributed by atoms with Gasteiger partial charge in [-0.3, -0.25) is 0 Å². The van der Waals surface area contributed by atoms with Gasteiger partial charge in [0.25, 0.3) is 0 Å². The second-order valence-electron chi connectivity index (χ2n) is 4.41. The van der Waals surface area contributed by atoms with Crippen molar-refractivity contribution in [3.05, 3.63) is 64.3 Å². The second kappa shape index (κ2) is 6.93. The molecule has 0 amide bonds. The van der Waals surface area contributed by atoms with Crippen LogP contribution in [0.25, 0.3) is 10.6 Å². The van der Waals surface area contributed by atoms with Gasteiger partial charge in [0.15, 0.2) is 0 Å². The minimum atomic E-state index is 0.618. The van der Waals surface area contributed by atoms with Crippen molar-refractivity contribution in [3.8, 4) is 16.6 Å². The Bertz CT molecular complexity index is 839. The molecule has 3 aromatic rings. The van der Waals surface area contributed by atoms with Crippen molar-refractivity contribution in [2.45, 2.75) is 10.8 Å². The lowest BCUT2D eigenvalue weighted by molar-refractivity contribution is 1.12. The first-order valence-electron chi connectivity index (χ1n) is 6.44. The summed E-state index contributed by atoms with van der Waals surface area (Å²) in [5.41, 5.74) is 2.55. The molecule has 0 aliphatic heterocycles. The number of hydrogen-bond donors (Lipinski definition) is 0. The molecule has 2 heterocycles.